The van der Waals surface area contributed by atoms with E-state index in [0.29, 0.717) is 5.39 Å². The largest absolute Gasteiger partial charge is 0.482 e. The molecule has 0 unspecified atom stereocenters. The third kappa shape index (κ3) is 3.36. The van der Waals surface area contributed by atoms with Gasteiger partial charge >= 0.3 is 12.1 Å². The molecule has 2 rings (SSSR count). The highest BCUT2D eigenvalue weighted by atomic mass is 35.5. The zero-order valence-electron chi connectivity index (χ0n) is 10.7. The maximum absolute atomic E-state index is 12.2. The molecule has 0 saturated carbocycles. The molecule has 0 radical (unpaired) electrons. The quantitative estimate of drug-likeness (QED) is 0.811. The van der Waals surface area contributed by atoms with Crippen LogP contribution in [0.1, 0.15) is 10.4 Å². The fourth-order valence-electron chi connectivity index (χ4n) is 1.69. The number of carbonyl (C=O) groups is 1. The zero-order valence-corrected chi connectivity index (χ0v) is 11.5. The first kappa shape index (κ1) is 15.4. The summed E-state index contributed by atoms with van der Waals surface area (Å²) in [6, 6.07) is 4.33. The molecule has 0 spiro atoms. The van der Waals surface area contributed by atoms with E-state index < -0.39 is 18.8 Å². The molecule has 1 aromatic heterocycles. The SMILES string of the molecule is COC(=O)c1cnc2c(OCC(F)(F)F)cccc2c1Cl. The molecule has 0 aliphatic heterocycles. The van der Waals surface area contributed by atoms with E-state index in [1.165, 1.54) is 25.3 Å². The van der Waals surface area contributed by atoms with Crippen LogP contribution in [0.2, 0.25) is 5.02 Å². The monoisotopic (exact) mass is 319 g/mol. The minimum Gasteiger partial charge on any atom is -0.482 e. The molecule has 4 nitrogen and oxygen atoms in total. The fraction of sp³-hybridized carbons (Fsp3) is 0.231. The summed E-state index contributed by atoms with van der Waals surface area (Å²) in [5.41, 5.74) is 0.166. The molecule has 1 heterocycles. The van der Waals surface area contributed by atoms with Crippen molar-refractivity contribution in [1.29, 1.82) is 0 Å². The molecule has 0 N–H and O–H groups in total. The summed E-state index contributed by atoms with van der Waals surface area (Å²) in [4.78, 5) is 15.4. The minimum atomic E-state index is -4.46. The number of para-hydroxylation sites is 1. The Kier molecular flexibility index (Phi) is 4.22. The highest BCUT2D eigenvalue weighted by molar-refractivity contribution is 6.38. The molecule has 0 aliphatic rings. The summed E-state index contributed by atoms with van der Waals surface area (Å²) in [6.07, 6.45) is -3.32. The molecular formula is C13H9ClF3NO3. The number of aromatic nitrogens is 1. The Hall–Kier alpha value is -2.02. The summed E-state index contributed by atoms with van der Waals surface area (Å²) >= 11 is 6.06. The summed E-state index contributed by atoms with van der Waals surface area (Å²) in [5.74, 6) is -0.751. The molecule has 0 aliphatic carbocycles. The van der Waals surface area contributed by atoms with Crippen LogP contribution in [0.5, 0.6) is 5.75 Å². The Morgan fingerprint density at radius 3 is 2.71 bits per heavy atom. The van der Waals surface area contributed by atoms with Gasteiger partial charge in [-0.05, 0) is 6.07 Å². The number of hydrogen-bond donors (Lipinski definition) is 0. The number of carbonyl (C=O) groups excluding carboxylic acids is 1. The first-order chi connectivity index (χ1) is 9.83. The lowest BCUT2D eigenvalue weighted by Gasteiger charge is -2.12. The van der Waals surface area contributed by atoms with Crippen molar-refractivity contribution in [3.63, 3.8) is 0 Å². The Morgan fingerprint density at radius 1 is 1.38 bits per heavy atom. The second kappa shape index (κ2) is 5.77. The van der Waals surface area contributed by atoms with Crippen LogP contribution >= 0.6 is 11.6 Å². The molecule has 2 aromatic rings. The number of hydrogen-bond acceptors (Lipinski definition) is 4. The van der Waals surface area contributed by atoms with E-state index in [2.05, 4.69) is 9.72 Å². The maximum Gasteiger partial charge on any atom is 0.422 e. The Morgan fingerprint density at radius 2 is 2.10 bits per heavy atom. The van der Waals surface area contributed by atoms with Gasteiger partial charge in [0.2, 0.25) is 0 Å². The van der Waals surface area contributed by atoms with Gasteiger partial charge in [-0.1, -0.05) is 23.7 Å². The van der Waals surface area contributed by atoms with Crippen molar-refractivity contribution < 1.29 is 27.4 Å². The number of pyridine rings is 1. The Balaban J connectivity index is 2.47. The lowest BCUT2D eigenvalue weighted by atomic mass is 10.1. The Labute approximate surface area is 122 Å². The minimum absolute atomic E-state index is 0.0274. The van der Waals surface area contributed by atoms with E-state index in [0.717, 1.165) is 6.20 Å². The molecule has 21 heavy (non-hydrogen) atoms. The fourth-order valence-corrected chi connectivity index (χ4v) is 1.97. The van der Waals surface area contributed by atoms with Crippen molar-refractivity contribution in [3.8, 4) is 5.75 Å². The van der Waals surface area contributed by atoms with Crippen molar-refractivity contribution in [2.24, 2.45) is 0 Å². The predicted molar refractivity (Wildman–Crippen MR) is 69.6 cm³/mol. The van der Waals surface area contributed by atoms with Crippen molar-refractivity contribution in [2.75, 3.05) is 13.7 Å². The molecule has 1 aromatic carbocycles. The molecule has 0 bridgehead atoms. The van der Waals surface area contributed by atoms with Crippen molar-refractivity contribution in [1.82, 2.24) is 4.98 Å². The van der Waals surface area contributed by atoms with Crippen LogP contribution in [-0.4, -0.2) is 30.8 Å². The number of ether oxygens (including phenoxy) is 2. The third-order valence-electron chi connectivity index (χ3n) is 2.59. The van der Waals surface area contributed by atoms with Crippen LogP contribution in [-0.2, 0) is 4.74 Å². The van der Waals surface area contributed by atoms with Crippen molar-refractivity contribution in [2.45, 2.75) is 6.18 Å². The van der Waals surface area contributed by atoms with Crippen LogP contribution in [0.15, 0.2) is 24.4 Å². The number of fused-ring (bicyclic) bond motifs is 1. The molecule has 0 saturated heterocycles. The average Bonchev–Trinajstić information content (AvgIpc) is 2.44. The van der Waals surface area contributed by atoms with E-state index in [1.807, 2.05) is 0 Å². The third-order valence-corrected chi connectivity index (χ3v) is 3.00. The highest BCUT2D eigenvalue weighted by Gasteiger charge is 2.29. The van der Waals surface area contributed by atoms with E-state index in [9.17, 15) is 18.0 Å². The standard InChI is InChI=1S/C13H9ClF3NO3/c1-20-12(19)8-5-18-11-7(10(8)14)3-2-4-9(11)21-6-13(15,16)17/h2-5H,6H2,1H3. The molecule has 112 valence electrons. The molecule has 8 heteroatoms. The van der Waals surface area contributed by atoms with Crippen molar-refractivity contribution in [3.05, 3.63) is 35.0 Å². The van der Waals surface area contributed by atoms with Crippen LogP contribution < -0.4 is 4.74 Å². The van der Waals surface area contributed by atoms with E-state index in [-0.39, 0.29) is 21.9 Å². The number of methoxy groups -OCH3 is 1. The predicted octanol–water partition coefficient (Wildman–Crippen LogP) is 3.62. The first-order valence-corrected chi connectivity index (χ1v) is 6.06. The van der Waals surface area contributed by atoms with Crippen LogP contribution in [0.25, 0.3) is 10.9 Å². The molecular weight excluding hydrogens is 311 g/mol. The van der Waals surface area contributed by atoms with Gasteiger partial charge in [-0.2, -0.15) is 13.2 Å². The summed E-state index contributed by atoms with van der Waals surface area (Å²) in [5, 5.41) is 0.351. The zero-order chi connectivity index (χ0) is 15.6. The highest BCUT2D eigenvalue weighted by Crippen LogP contribution is 2.32. The molecule has 0 amide bonds. The van der Waals surface area contributed by atoms with E-state index >= 15 is 0 Å². The summed E-state index contributed by atoms with van der Waals surface area (Å²) < 4.78 is 45.9. The van der Waals surface area contributed by atoms with Gasteiger partial charge in [-0.25, -0.2) is 4.79 Å². The van der Waals surface area contributed by atoms with Crippen LogP contribution in [0, 0.1) is 0 Å². The number of benzene rings is 1. The van der Waals surface area contributed by atoms with E-state index in [4.69, 9.17) is 16.3 Å². The van der Waals surface area contributed by atoms with Gasteiger partial charge in [0.15, 0.2) is 6.61 Å². The van der Waals surface area contributed by atoms with Crippen LogP contribution in [0.4, 0.5) is 13.2 Å². The topological polar surface area (TPSA) is 48.4 Å². The summed E-state index contributed by atoms with van der Waals surface area (Å²) in [7, 11) is 1.19. The summed E-state index contributed by atoms with van der Waals surface area (Å²) in [6.45, 7) is -1.44. The average molecular weight is 320 g/mol. The van der Waals surface area contributed by atoms with Gasteiger partial charge in [-0.15, -0.1) is 0 Å². The number of esters is 1. The van der Waals surface area contributed by atoms with Gasteiger partial charge in [0.1, 0.15) is 11.3 Å². The van der Waals surface area contributed by atoms with Gasteiger partial charge in [0.25, 0.3) is 0 Å². The Bertz CT molecular complexity index is 688. The van der Waals surface area contributed by atoms with Gasteiger partial charge < -0.3 is 9.47 Å². The number of alkyl halides is 3. The smallest absolute Gasteiger partial charge is 0.422 e. The van der Waals surface area contributed by atoms with Gasteiger partial charge in [0, 0.05) is 11.6 Å². The van der Waals surface area contributed by atoms with E-state index in [1.54, 1.807) is 0 Å². The molecule has 0 fully saturated rings. The second-order valence-electron chi connectivity index (χ2n) is 4.03. The van der Waals surface area contributed by atoms with Gasteiger partial charge in [-0.3, -0.25) is 4.98 Å². The van der Waals surface area contributed by atoms with Crippen LogP contribution in [0.3, 0.4) is 0 Å². The number of nitrogens with zero attached hydrogens (tertiary/aromatic N) is 1. The normalized spacial score (nSPS) is 11.5. The first-order valence-electron chi connectivity index (χ1n) is 5.68. The second-order valence-corrected chi connectivity index (χ2v) is 4.41. The van der Waals surface area contributed by atoms with Gasteiger partial charge in [0.05, 0.1) is 17.7 Å². The molecule has 0 atom stereocenters. The van der Waals surface area contributed by atoms with Crippen molar-refractivity contribution >= 4 is 28.5 Å². The maximum atomic E-state index is 12.2. The number of halogens is 4. The lowest BCUT2D eigenvalue weighted by molar-refractivity contribution is -0.153. The number of rotatable bonds is 3. The lowest BCUT2D eigenvalue weighted by Crippen LogP contribution is -2.19.